The van der Waals surface area contributed by atoms with Crippen molar-refractivity contribution in [2.24, 2.45) is 0 Å². The van der Waals surface area contributed by atoms with E-state index in [1.165, 1.54) is 7.11 Å². The van der Waals surface area contributed by atoms with Crippen LogP contribution in [0.5, 0.6) is 0 Å². The largest absolute Gasteiger partial charge is 0.465 e. The number of fused-ring (bicyclic) bond motifs is 1. The van der Waals surface area contributed by atoms with Crippen molar-refractivity contribution in [1.82, 2.24) is 9.97 Å². The van der Waals surface area contributed by atoms with Crippen molar-refractivity contribution in [3.05, 3.63) is 24.0 Å². The fraction of sp³-hybridized carbons (Fsp3) is 0.111. The fourth-order valence-electron chi connectivity index (χ4n) is 1.38. The summed E-state index contributed by atoms with van der Waals surface area (Å²) in [4.78, 5) is 18.2. The van der Waals surface area contributed by atoms with E-state index < -0.39 is 5.97 Å². The molecule has 2 rings (SSSR count). The second-order valence-corrected chi connectivity index (χ2v) is 2.83. The highest BCUT2D eigenvalue weighted by Crippen LogP contribution is 2.23. The Morgan fingerprint density at radius 2 is 2.43 bits per heavy atom. The zero-order valence-corrected chi connectivity index (χ0v) is 7.57. The van der Waals surface area contributed by atoms with Gasteiger partial charge in [0.1, 0.15) is 11.4 Å². The molecule has 0 unspecified atom stereocenters. The summed E-state index contributed by atoms with van der Waals surface area (Å²) >= 11 is 0. The number of nitrogen functional groups attached to an aromatic ring is 1. The third kappa shape index (κ3) is 1.10. The fourth-order valence-corrected chi connectivity index (χ4v) is 1.38. The molecule has 0 radical (unpaired) electrons. The van der Waals surface area contributed by atoms with Gasteiger partial charge in [0.2, 0.25) is 0 Å². The van der Waals surface area contributed by atoms with Crippen molar-refractivity contribution in [1.29, 1.82) is 0 Å². The Kier molecular flexibility index (Phi) is 1.85. The predicted molar refractivity (Wildman–Crippen MR) is 51.8 cm³/mol. The van der Waals surface area contributed by atoms with E-state index in [-0.39, 0.29) is 0 Å². The number of esters is 1. The minimum absolute atomic E-state index is 0.305. The maximum Gasteiger partial charge on any atom is 0.342 e. The van der Waals surface area contributed by atoms with Gasteiger partial charge >= 0.3 is 5.97 Å². The number of pyridine rings is 1. The molecule has 0 aliphatic rings. The van der Waals surface area contributed by atoms with Crippen LogP contribution in [0.25, 0.3) is 10.9 Å². The number of hydrogen-bond acceptors (Lipinski definition) is 4. The first kappa shape index (κ1) is 8.55. The first-order chi connectivity index (χ1) is 6.74. The van der Waals surface area contributed by atoms with Crippen molar-refractivity contribution in [2.75, 3.05) is 12.8 Å². The third-order valence-corrected chi connectivity index (χ3v) is 2.02. The number of rotatable bonds is 1. The maximum absolute atomic E-state index is 11.4. The van der Waals surface area contributed by atoms with Crippen molar-refractivity contribution >= 4 is 22.7 Å². The summed E-state index contributed by atoms with van der Waals surface area (Å²) in [5.41, 5.74) is 6.76. The van der Waals surface area contributed by atoms with Crippen LogP contribution in [0.2, 0.25) is 0 Å². The summed E-state index contributed by atoms with van der Waals surface area (Å²) in [5, 5.41) is 0.678. The number of anilines is 1. The van der Waals surface area contributed by atoms with Gasteiger partial charge in [-0.15, -0.1) is 0 Å². The number of aromatic nitrogens is 2. The predicted octanol–water partition coefficient (Wildman–Crippen LogP) is 0.932. The van der Waals surface area contributed by atoms with E-state index in [0.717, 1.165) is 5.52 Å². The highest BCUT2D eigenvalue weighted by molar-refractivity contribution is 6.08. The Balaban J connectivity index is 2.74. The van der Waals surface area contributed by atoms with Gasteiger partial charge in [-0.2, -0.15) is 0 Å². The molecule has 0 atom stereocenters. The van der Waals surface area contributed by atoms with Crippen LogP contribution in [0.1, 0.15) is 10.4 Å². The number of H-pyrrole nitrogens is 1. The molecule has 3 N–H and O–H groups in total. The van der Waals surface area contributed by atoms with Gasteiger partial charge in [0.25, 0.3) is 0 Å². The highest BCUT2D eigenvalue weighted by Gasteiger charge is 2.16. The van der Waals surface area contributed by atoms with E-state index in [2.05, 4.69) is 14.7 Å². The Hall–Kier alpha value is -2.04. The summed E-state index contributed by atoms with van der Waals surface area (Å²) in [6.45, 7) is 0. The van der Waals surface area contributed by atoms with Crippen molar-refractivity contribution < 1.29 is 9.53 Å². The number of carbonyl (C=O) groups excluding carboxylic acids is 1. The van der Waals surface area contributed by atoms with Gasteiger partial charge in [-0.3, -0.25) is 4.98 Å². The lowest BCUT2D eigenvalue weighted by atomic mass is 10.2. The standard InChI is InChI=1S/C9H9N3O2/c1-14-9(13)7-5-4-11-3-2-6(5)12-8(7)10/h2-4,12H,10H2,1H3. The molecule has 2 aromatic heterocycles. The number of nitrogens with zero attached hydrogens (tertiary/aromatic N) is 1. The molecule has 0 amide bonds. The van der Waals surface area contributed by atoms with Gasteiger partial charge in [0, 0.05) is 17.8 Å². The van der Waals surface area contributed by atoms with Crippen LogP contribution in [-0.4, -0.2) is 23.0 Å². The minimum Gasteiger partial charge on any atom is -0.465 e. The Bertz CT molecular complexity index is 490. The van der Waals surface area contributed by atoms with Gasteiger partial charge in [-0.1, -0.05) is 0 Å². The molecule has 2 aromatic rings. The zero-order chi connectivity index (χ0) is 10.1. The highest BCUT2D eigenvalue weighted by atomic mass is 16.5. The van der Waals surface area contributed by atoms with Crippen LogP contribution >= 0.6 is 0 Å². The monoisotopic (exact) mass is 191 g/mol. The van der Waals surface area contributed by atoms with Gasteiger partial charge in [0.15, 0.2) is 0 Å². The number of nitrogens with two attached hydrogens (primary N) is 1. The van der Waals surface area contributed by atoms with Crippen molar-refractivity contribution in [3.63, 3.8) is 0 Å². The molecule has 0 bridgehead atoms. The smallest absolute Gasteiger partial charge is 0.342 e. The van der Waals surface area contributed by atoms with Crippen LogP contribution in [-0.2, 0) is 4.74 Å². The Morgan fingerprint density at radius 1 is 1.64 bits per heavy atom. The van der Waals surface area contributed by atoms with E-state index in [9.17, 15) is 4.79 Å². The number of hydrogen-bond donors (Lipinski definition) is 2. The molecule has 0 aromatic carbocycles. The number of carbonyl (C=O) groups is 1. The molecule has 14 heavy (non-hydrogen) atoms. The zero-order valence-electron chi connectivity index (χ0n) is 7.57. The minimum atomic E-state index is -0.457. The molecule has 5 nitrogen and oxygen atoms in total. The second kappa shape index (κ2) is 3.02. The topological polar surface area (TPSA) is 81.0 Å². The van der Waals surface area contributed by atoms with E-state index >= 15 is 0 Å². The average molecular weight is 191 g/mol. The molecule has 2 heterocycles. The van der Waals surface area contributed by atoms with E-state index in [0.29, 0.717) is 16.8 Å². The molecule has 0 saturated carbocycles. The summed E-state index contributed by atoms with van der Waals surface area (Å²) in [5.74, 6) is -0.151. The molecule has 72 valence electrons. The number of methoxy groups -OCH3 is 1. The average Bonchev–Trinajstić information content (AvgIpc) is 2.53. The molecule has 0 aliphatic carbocycles. The summed E-state index contributed by atoms with van der Waals surface area (Å²) < 4.78 is 4.62. The molecule has 0 fully saturated rings. The van der Waals surface area contributed by atoms with Crippen LogP contribution < -0.4 is 5.73 Å². The van der Waals surface area contributed by atoms with E-state index in [4.69, 9.17) is 5.73 Å². The number of aromatic amines is 1. The lowest BCUT2D eigenvalue weighted by Gasteiger charge is -1.97. The molecule has 0 saturated heterocycles. The first-order valence-corrected chi connectivity index (χ1v) is 4.03. The SMILES string of the molecule is COC(=O)c1c(N)[nH]c2ccncc12. The van der Waals surface area contributed by atoms with Crippen LogP contribution in [0.3, 0.4) is 0 Å². The van der Waals surface area contributed by atoms with Gasteiger partial charge in [-0.25, -0.2) is 4.79 Å². The Labute approximate surface area is 79.9 Å². The Morgan fingerprint density at radius 3 is 3.14 bits per heavy atom. The second-order valence-electron chi connectivity index (χ2n) is 2.83. The van der Waals surface area contributed by atoms with E-state index in [1.54, 1.807) is 18.5 Å². The molecular weight excluding hydrogens is 182 g/mol. The van der Waals surface area contributed by atoms with Crippen LogP contribution in [0, 0.1) is 0 Å². The van der Waals surface area contributed by atoms with Gasteiger partial charge in [-0.05, 0) is 6.07 Å². The molecule has 0 spiro atoms. The van der Waals surface area contributed by atoms with Crippen molar-refractivity contribution in [2.45, 2.75) is 0 Å². The molecular formula is C9H9N3O2. The maximum atomic E-state index is 11.4. The lowest BCUT2D eigenvalue weighted by Crippen LogP contribution is -2.03. The third-order valence-electron chi connectivity index (χ3n) is 2.02. The van der Waals surface area contributed by atoms with Gasteiger partial charge in [0.05, 0.1) is 12.6 Å². The number of nitrogens with one attached hydrogen (secondary N) is 1. The van der Waals surface area contributed by atoms with Crippen molar-refractivity contribution in [3.8, 4) is 0 Å². The first-order valence-electron chi connectivity index (χ1n) is 4.03. The summed E-state index contributed by atoms with van der Waals surface area (Å²) in [6, 6.07) is 1.75. The van der Waals surface area contributed by atoms with Crippen LogP contribution in [0.4, 0.5) is 5.82 Å². The van der Waals surface area contributed by atoms with E-state index in [1.807, 2.05) is 0 Å². The molecule has 5 heteroatoms. The van der Waals surface area contributed by atoms with Gasteiger partial charge < -0.3 is 15.5 Å². The normalized spacial score (nSPS) is 10.4. The summed E-state index contributed by atoms with van der Waals surface area (Å²) in [6.07, 6.45) is 3.20. The quantitative estimate of drug-likeness (QED) is 0.657. The van der Waals surface area contributed by atoms with Crippen LogP contribution in [0.15, 0.2) is 18.5 Å². The lowest BCUT2D eigenvalue weighted by molar-refractivity contribution is 0.0604. The number of ether oxygens (including phenoxy) is 1. The summed E-state index contributed by atoms with van der Waals surface area (Å²) in [7, 11) is 1.32. The molecule has 0 aliphatic heterocycles.